The number of nitro benzene ring substituents is 1. The second-order valence-corrected chi connectivity index (χ2v) is 7.34. The van der Waals surface area contributed by atoms with E-state index in [1.54, 1.807) is 22.6 Å². The smallest absolute Gasteiger partial charge is 0.304 e. The van der Waals surface area contributed by atoms with Gasteiger partial charge in [0.2, 0.25) is 0 Å². The molecule has 1 aromatic carbocycles. The molecular weight excluding hydrogens is 531 g/mol. The van der Waals surface area contributed by atoms with Gasteiger partial charge in [-0.1, -0.05) is 0 Å². The number of nitrogens with one attached hydrogen (secondary N) is 1. The number of hydrogen-bond donors (Lipinski definition) is 1. The average Bonchev–Trinajstić information content (AvgIpc) is 2.56. The van der Waals surface area contributed by atoms with Gasteiger partial charge in [-0.15, -0.1) is 0 Å². The van der Waals surface area contributed by atoms with Gasteiger partial charge in [-0.2, -0.15) is 22.0 Å². The molecule has 0 aliphatic carbocycles. The summed E-state index contributed by atoms with van der Waals surface area (Å²) in [4.78, 5) is 24.7. The minimum absolute atomic E-state index is 0.182. The lowest BCUT2D eigenvalue weighted by Crippen LogP contribution is -2.32. The Morgan fingerprint density at radius 2 is 1.86 bits per heavy atom. The third-order valence-electron chi connectivity index (χ3n) is 3.03. The fourth-order valence-corrected chi connectivity index (χ4v) is 3.01. The summed E-state index contributed by atoms with van der Waals surface area (Å²) in [7, 11) is 0. The molecule has 6 nitrogen and oxygen atoms in total. The number of carbonyl (C=O) groups excluding carboxylic acids is 1. The van der Waals surface area contributed by atoms with Crippen molar-refractivity contribution in [1.29, 1.82) is 0 Å². The van der Waals surface area contributed by atoms with Gasteiger partial charge in [0.25, 0.3) is 11.6 Å². The quantitative estimate of drug-likeness (QED) is 0.186. The lowest BCUT2D eigenvalue weighted by molar-refractivity contribution is -0.384. The average molecular weight is 537 g/mol. The highest BCUT2D eigenvalue weighted by Gasteiger charge is 2.58. The fourth-order valence-electron chi connectivity index (χ4n) is 1.75. The molecule has 1 amide bonds. The number of pyridine rings is 1. The molecule has 0 fully saturated rings. The number of nitro groups is 1. The molecule has 0 atom stereocenters. The molecule has 0 bridgehead atoms. The predicted molar refractivity (Wildman–Crippen MR) is 94.8 cm³/mol. The molecule has 0 aliphatic heterocycles. The standard InChI is InChI=1S/C14H6F6IN3O3S/c15-9-4-7(28-14(19,20)13(16,17)18)5-22-11(9)23-12(25)8-3-6(24(26)27)1-2-10(8)21/h1-5H,(H,22,23,25). The molecule has 150 valence electrons. The summed E-state index contributed by atoms with van der Waals surface area (Å²) in [6.07, 6.45) is -5.32. The Bertz CT molecular complexity index is 941. The van der Waals surface area contributed by atoms with Gasteiger partial charge in [-0.25, -0.2) is 9.37 Å². The zero-order valence-corrected chi connectivity index (χ0v) is 16.0. The molecule has 28 heavy (non-hydrogen) atoms. The maximum absolute atomic E-state index is 14.0. The van der Waals surface area contributed by atoms with Crippen molar-refractivity contribution in [3.8, 4) is 0 Å². The Hall–Kier alpha value is -2.10. The van der Waals surface area contributed by atoms with E-state index < -0.39 is 56.2 Å². The van der Waals surface area contributed by atoms with Crippen LogP contribution in [0.5, 0.6) is 0 Å². The molecular formula is C14H6F6IN3O3S. The molecule has 0 saturated carbocycles. The van der Waals surface area contributed by atoms with Crippen LogP contribution in [0.15, 0.2) is 35.4 Å². The monoisotopic (exact) mass is 537 g/mol. The van der Waals surface area contributed by atoms with E-state index in [0.717, 1.165) is 12.1 Å². The fraction of sp³-hybridized carbons (Fsp3) is 0.143. The number of halogens is 7. The topological polar surface area (TPSA) is 85.1 Å². The van der Waals surface area contributed by atoms with Crippen molar-refractivity contribution in [2.45, 2.75) is 16.3 Å². The summed E-state index contributed by atoms with van der Waals surface area (Å²) in [5.41, 5.74) is -0.585. The van der Waals surface area contributed by atoms with E-state index in [1.165, 1.54) is 6.07 Å². The third-order valence-corrected chi connectivity index (χ3v) is 4.92. The van der Waals surface area contributed by atoms with Crippen LogP contribution in [0.25, 0.3) is 0 Å². The number of non-ortho nitro benzene ring substituents is 1. The molecule has 2 rings (SSSR count). The van der Waals surface area contributed by atoms with Crippen LogP contribution >= 0.6 is 34.4 Å². The summed E-state index contributed by atoms with van der Waals surface area (Å²) in [6.45, 7) is 0. The number of benzene rings is 1. The zero-order valence-electron chi connectivity index (χ0n) is 13.1. The molecule has 2 aromatic rings. The van der Waals surface area contributed by atoms with Crippen molar-refractivity contribution in [2.75, 3.05) is 5.32 Å². The molecule has 0 radical (unpaired) electrons. The number of nitrogens with zero attached hydrogens (tertiary/aromatic N) is 2. The Kier molecular flexibility index (Phi) is 6.42. The first kappa shape index (κ1) is 22.2. The highest BCUT2D eigenvalue weighted by atomic mass is 127. The Balaban J connectivity index is 2.23. The highest BCUT2D eigenvalue weighted by Crippen LogP contribution is 2.47. The van der Waals surface area contributed by atoms with Gasteiger partial charge >= 0.3 is 11.4 Å². The number of hydrogen-bond acceptors (Lipinski definition) is 5. The second kappa shape index (κ2) is 8.10. The van der Waals surface area contributed by atoms with Gasteiger partial charge < -0.3 is 5.32 Å². The van der Waals surface area contributed by atoms with E-state index >= 15 is 0 Å². The first-order valence-corrected chi connectivity index (χ1v) is 8.76. The van der Waals surface area contributed by atoms with Crippen molar-refractivity contribution in [3.05, 3.63) is 55.5 Å². The number of thioether (sulfide) groups is 1. The van der Waals surface area contributed by atoms with Gasteiger partial charge in [0, 0.05) is 26.8 Å². The van der Waals surface area contributed by atoms with Crippen molar-refractivity contribution in [3.63, 3.8) is 0 Å². The van der Waals surface area contributed by atoms with E-state index in [4.69, 9.17) is 0 Å². The molecule has 1 N–H and O–H groups in total. The van der Waals surface area contributed by atoms with Crippen LogP contribution < -0.4 is 5.32 Å². The van der Waals surface area contributed by atoms with Crippen molar-refractivity contribution < 1.29 is 36.1 Å². The van der Waals surface area contributed by atoms with Crippen molar-refractivity contribution in [1.82, 2.24) is 4.98 Å². The summed E-state index contributed by atoms with van der Waals surface area (Å²) >= 11 is 0.753. The normalized spacial score (nSPS) is 12.0. The minimum atomic E-state index is -5.85. The van der Waals surface area contributed by atoms with Gasteiger partial charge in [-0.05, 0) is 46.5 Å². The van der Waals surface area contributed by atoms with E-state index in [-0.39, 0.29) is 9.13 Å². The Labute approximate surface area is 170 Å². The summed E-state index contributed by atoms with van der Waals surface area (Å²) in [5, 5.41) is 7.60. The zero-order chi connectivity index (χ0) is 21.3. The number of aromatic nitrogens is 1. The van der Waals surface area contributed by atoms with E-state index in [0.29, 0.717) is 12.3 Å². The lowest BCUT2D eigenvalue weighted by atomic mass is 10.2. The van der Waals surface area contributed by atoms with Gasteiger partial charge in [0.05, 0.1) is 10.5 Å². The van der Waals surface area contributed by atoms with Crippen LogP contribution in [0.4, 0.5) is 37.8 Å². The largest absolute Gasteiger partial charge is 0.464 e. The number of rotatable bonds is 5. The molecule has 0 unspecified atom stereocenters. The van der Waals surface area contributed by atoms with Crippen LogP contribution in [0.1, 0.15) is 10.4 Å². The highest BCUT2D eigenvalue weighted by molar-refractivity contribution is 14.1. The summed E-state index contributed by atoms with van der Waals surface area (Å²) in [6, 6.07) is 3.70. The van der Waals surface area contributed by atoms with Crippen LogP contribution in [-0.4, -0.2) is 27.2 Å². The van der Waals surface area contributed by atoms with Crippen LogP contribution in [0, 0.1) is 19.5 Å². The third kappa shape index (κ3) is 5.03. The molecule has 0 saturated heterocycles. The summed E-state index contributed by atoms with van der Waals surface area (Å²) in [5.74, 6) is -3.09. The van der Waals surface area contributed by atoms with E-state index in [2.05, 4.69) is 4.98 Å². The summed E-state index contributed by atoms with van der Waals surface area (Å²) < 4.78 is 76.8. The maximum atomic E-state index is 14.0. The molecule has 1 aromatic heterocycles. The van der Waals surface area contributed by atoms with Crippen LogP contribution in [0.3, 0.4) is 0 Å². The van der Waals surface area contributed by atoms with Gasteiger partial charge in [0.1, 0.15) is 0 Å². The Morgan fingerprint density at radius 3 is 2.39 bits per heavy atom. The minimum Gasteiger partial charge on any atom is -0.304 e. The van der Waals surface area contributed by atoms with Gasteiger partial charge in [0.15, 0.2) is 11.6 Å². The molecule has 14 heteroatoms. The van der Waals surface area contributed by atoms with E-state index in [9.17, 15) is 41.3 Å². The van der Waals surface area contributed by atoms with Gasteiger partial charge in [-0.3, -0.25) is 14.9 Å². The number of carbonyl (C=O) groups is 1. The van der Waals surface area contributed by atoms with E-state index in [1.807, 2.05) is 5.32 Å². The number of amides is 1. The predicted octanol–water partition coefficient (Wildman–Crippen LogP) is 5.23. The number of anilines is 1. The Morgan fingerprint density at radius 1 is 1.21 bits per heavy atom. The van der Waals surface area contributed by atoms with Crippen LogP contribution in [-0.2, 0) is 0 Å². The van der Waals surface area contributed by atoms with Crippen molar-refractivity contribution >= 4 is 51.8 Å². The molecule has 1 heterocycles. The molecule has 0 spiro atoms. The van der Waals surface area contributed by atoms with Crippen LogP contribution in [0.2, 0.25) is 0 Å². The lowest BCUT2D eigenvalue weighted by Gasteiger charge is -2.18. The first-order valence-electron chi connectivity index (χ1n) is 6.86. The first-order chi connectivity index (χ1) is 12.8. The maximum Gasteiger partial charge on any atom is 0.464 e. The number of alkyl halides is 5. The SMILES string of the molecule is O=C(Nc1ncc(SC(F)(F)C(F)(F)F)cc1F)c1cc([N+](=O)[O-])ccc1I. The second-order valence-electron chi connectivity index (χ2n) is 4.99. The molecule has 0 aliphatic rings. The van der Waals surface area contributed by atoms with Crippen molar-refractivity contribution in [2.24, 2.45) is 0 Å².